The van der Waals surface area contributed by atoms with Crippen molar-refractivity contribution in [2.75, 3.05) is 11.9 Å². The van der Waals surface area contributed by atoms with Gasteiger partial charge in [0.2, 0.25) is 5.91 Å². The molecule has 1 aliphatic carbocycles. The third-order valence-corrected chi connectivity index (χ3v) is 5.83. The number of nitro benzene ring substituents is 1. The number of nitrogens with zero attached hydrogens (tertiary/aromatic N) is 2. The fraction of sp³-hybridized carbons (Fsp3) is 0.500. The number of carbonyl (C=O) groups is 3. The third-order valence-electron chi connectivity index (χ3n) is 5.51. The van der Waals surface area contributed by atoms with Crippen molar-refractivity contribution < 1.29 is 19.3 Å². The molecule has 28 heavy (non-hydrogen) atoms. The Morgan fingerprint density at radius 2 is 2.07 bits per heavy atom. The Balaban J connectivity index is 1.66. The highest BCUT2D eigenvalue weighted by atomic mass is 35.5. The Hall–Kier alpha value is -2.68. The molecule has 2 N–H and O–H groups in total. The average Bonchev–Trinajstić information content (AvgIpc) is 2.88. The lowest BCUT2D eigenvalue weighted by Gasteiger charge is -2.34. The first-order valence-electron chi connectivity index (χ1n) is 9.13. The van der Waals surface area contributed by atoms with Crippen LogP contribution in [0.2, 0.25) is 5.02 Å². The molecule has 150 valence electrons. The van der Waals surface area contributed by atoms with Gasteiger partial charge in [0, 0.05) is 11.8 Å². The molecule has 4 amide bonds. The van der Waals surface area contributed by atoms with Crippen molar-refractivity contribution >= 4 is 40.8 Å². The predicted molar refractivity (Wildman–Crippen MR) is 102 cm³/mol. The van der Waals surface area contributed by atoms with E-state index in [4.69, 9.17) is 11.6 Å². The molecule has 1 saturated heterocycles. The molecule has 1 spiro atoms. The molecule has 9 nitrogen and oxygen atoms in total. The topological polar surface area (TPSA) is 122 Å². The quantitative estimate of drug-likeness (QED) is 0.440. The fourth-order valence-corrected chi connectivity index (χ4v) is 4.00. The molecular weight excluding hydrogens is 388 g/mol. The summed E-state index contributed by atoms with van der Waals surface area (Å²) in [6, 6.07) is 3.24. The van der Waals surface area contributed by atoms with Gasteiger partial charge in [-0.15, -0.1) is 0 Å². The zero-order chi connectivity index (χ0) is 20.5. The maximum atomic E-state index is 12.8. The third kappa shape index (κ3) is 3.80. The van der Waals surface area contributed by atoms with Crippen LogP contribution in [0.1, 0.15) is 39.0 Å². The van der Waals surface area contributed by atoms with E-state index in [1.807, 2.05) is 0 Å². The van der Waals surface area contributed by atoms with Crippen molar-refractivity contribution in [3.8, 4) is 0 Å². The van der Waals surface area contributed by atoms with Crippen molar-refractivity contribution in [3.63, 3.8) is 0 Å². The van der Waals surface area contributed by atoms with Crippen LogP contribution in [0.4, 0.5) is 16.2 Å². The summed E-state index contributed by atoms with van der Waals surface area (Å²) in [5.74, 6) is -0.461. The van der Waals surface area contributed by atoms with E-state index in [-0.39, 0.29) is 22.3 Å². The maximum Gasteiger partial charge on any atom is 0.325 e. The van der Waals surface area contributed by atoms with Crippen molar-refractivity contribution in [1.29, 1.82) is 0 Å². The molecular formula is C18H21ClN4O5. The van der Waals surface area contributed by atoms with Gasteiger partial charge in [0.15, 0.2) is 0 Å². The van der Waals surface area contributed by atoms with Crippen molar-refractivity contribution in [2.24, 2.45) is 5.92 Å². The number of benzene rings is 1. The highest BCUT2D eigenvalue weighted by Gasteiger charge is 2.52. The van der Waals surface area contributed by atoms with Gasteiger partial charge in [-0.2, -0.15) is 0 Å². The Labute approximate surface area is 166 Å². The molecule has 2 fully saturated rings. The van der Waals surface area contributed by atoms with Gasteiger partial charge in [-0.25, -0.2) is 4.79 Å². The second-order valence-electron chi connectivity index (χ2n) is 7.23. The summed E-state index contributed by atoms with van der Waals surface area (Å²) in [6.45, 7) is 1.65. The lowest BCUT2D eigenvalue weighted by molar-refractivity contribution is -0.384. The van der Waals surface area contributed by atoms with E-state index < -0.39 is 28.9 Å². The number of hydrogen-bond donors (Lipinski definition) is 2. The average molecular weight is 409 g/mol. The number of nitrogens with one attached hydrogen (secondary N) is 2. The zero-order valence-corrected chi connectivity index (χ0v) is 16.1. The number of rotatable bonds is 5. The van der Waals surface area contributed by atoms with E-state index in [1.165, 1.54) is 12.1 Å². The Bertz CT molecular complexity index is 835. The first-order valence-corrected chi connectivity index (χ1v) is 9.51. The lowest BCUT2D eigenvalue weighted by Crippen LogP contribution is -2.49. The van der Waals surface area contributed by atoms with Crippen LogP contribution in [0.25, 0.3) is 0 Å². The fourth-order valence-electron chi connectivity index (χ4n) is 3.81. The van der Waals surface area contributed by atoms with Crippen LogP contribution < -0.4 is 10.6 Å². The predicted octanol–water partition coefficient (Wildman–Crippen LogP) is 3.08. The summed E-state index contributed by atoms with van der Waals surface area (Å²) in [7, 11) is 0. The summed E-state index contributed by atoms with van der Waals surface area (Å²) >= 11 is 5.75. The second-order valence-corrected chi connectivity index (χ2v) is 7.63. The molecule has 0 atom stereocenters. The van der Waals surface area contributed by atoms with Gasteiger partial charge in [0.25, 0.3) is 11.6 Å². The van der Waals surface area contributed by atoms with Gasteiger partial charge < -0.3 is 10.6 Å². The van der Waals surface area contributed by atoms with E-state index >= 15 is 0 Å². The van der Waals surface area contributed by atoms with Crippen molar-refractivity contribution in [3.05, 3.63) is 33.3 Å². The minimum atomic E-state index is -0.915. The summed E-state index contributed by atoms with van der Waals surface area (Å²) in [5.41, 5.74) is -1.10. The molecule has 0 bridgehead atoms. The van der Waals surface area contributed by atoms with E-state index in [9.17, 15) is 24.5 Å². The molecule has 1 aromatic carbocycles. The second kappa shape index (κ2) is 7.75. The standard InChI is InChI=1S/C18H21ClN4O5/c1-2-11-5-7-18(8-6-11)16(25)22(17(26)21-18)10-15(24)20-12-3-4-13(19)14(9-12)23(27)28/h3-4,9,11H,2,5-8,10H2,1H3,(H,20,24)(H,21,26). The van der Waals surface area contributed by atoms with Gasteiger partial charge in [-0.1, -0.05) is 24.9 Å². The number of carbonyl (C=O) groups excluding carboxylic acids is 3. The molecule has 0 unspecified atom stereocenters. The van der Waals surface area contributed by atoms with Crippen LogP contribution in [0.15, 0.2) is 18.2 Å². The SMILES string of the molecule is CCC1CCC2(CC1)NC(=O)N(CC(=O)Nc1ccc(Cl)c([N+](=O)[O-])c1)C2=O. The summed E-state index contributed by atoms with van der Waals surface area (Å²) in [5, 5.41) is 16.1. The largest absolute Gasteiger partial charge is 0.325 e. The number of amides is 4. The maximum absolute atomic E-state index is 12.8. The van der Waals surface area contributed by atoms with Crippen LogP contribution in [0.3, 0.4) is 0 Å². The first-order chi connectivity index (χ1) is 13.3. The number of halogens is 1. The molecule has 3 rings (SSSR count). The molecule has 0 aromatic heterocycles. The Morgan fingerprint density at radius 3 is 2.68 bits per heavy atom. The van der Waals surface area contributed by atoms with Crippen LogP contribution >= 0.6 is 11.6 Å². The van der Waals surface area contributed by atoms with Gasteiger partial charge in [0.05, 0.1) is 4.92 Å². The summed E-state index contributed by atoms with van der Waals surface area (Å²) in [6.07, 6.45) is 3.89. The summed E-state index contributed by atoms with van der Waals surface area (Å²) in [4.78, 5) is 48.6. The molecule has 0 radical (unpaired) electrons. The molecule has 10 heteroatoms. The van der Waals surface area contributed by atoms with Gasteiger partial charge in [-0.05, 0) is 43.7 Å². The van der Waals surface area contributed by atoms with E-state index in [2.05, 4.69) is 17.6 Å². The zero-order valence-electron chi connectivity index (χ0n) is 15.4. The van der Waals surface area contributed by atoms with Gasteiger partial charge >= 0.3 is 6.03 Å². The highest BCUT2D eigenvalue weighted by Crippen LogP contribution is 2.37. The van der Waals surface area contributed by atoms with E-state index in [0.717, 1.165) is 30.2 Å². The van der Waals surface area contributed by atoms with Crippen LogP contribution in [0, 0.1) is 16.0 Å². The smallest absolute Gasteiger partial charge is 0.324 e. The van der Waals surface area contributed by atoms with Crippen LogP contribution in [0.5, 0.6) is 0 Å². The van der Waals surface area contributed by atoms with Crippen molar-refractivity contribution in [2.45, 2.75) is 44.6 Å². The number of imide groups is 1. The molecule has 2 aliphatic rings. The van der Waals surface area contributed by atoms with Crippen molar-refractivity contribution in [1.82, 2.24) is 10.2 Å². The first kappa shape index (κ1) is 20.1. The Morgan fingerprint density at radius 1 is 1.39 bits per heavy atom. The number of anilines is 1. The molecule has 1 aromatic rings. The van der Waals surface area contributed by atoms with E-state index in [1.54, 1.807) is 0 Å². The van der Waals surface area contributed by atoms with Crippen LogP contribution in [-0.2, 0) is 9.59 Å². The number of hydrogen-bond acceptors (Lipinski definition) is 5. The minimum absolute atomic E-state index is 0.0540. The normalized spacial score (nSPS) is 24.4. The highest BCUT2D eigenvalue weighted by molar-refractivity contribution is 6.32. The molecule has 1 heterocycles. The summed E-state index contributed by atoms with van der Waals surface area (Å²) < 4.78 is 0. The molecule has 1 aliphatic heterocycles. The monoisotopic (exact) mass is 408 g/mol. The number of urea groups is 1. The Kier molecular flexibility index (Phi) is 5.55. The minimum Gasteiger partial charge on any atom is -0.324 e. The number of nitro groups is 1. The lowest BCUT2D eigenvalue weighted by atomic mass is 9.75. The molecule has 1 saturated carbocycles. The van der Waals surface area contributed by atoms with Crippen LogP contribution in [-0.4, -0.2) is 39.8 Å². The van der Waals surface area contributed by atoms with Gasteiger partial charge in [-0.3, -0.25) is 24.6 Å². The van der Waals surface area contributed by atoms with E-state index in [0.29, 0.717) is 18.8 Å². The van der Waals surface area contributed by atoms with Gasteiger partial charge in [0.1, 0.15) is 17.1 Å².